The minimum absolute atomic E-state index is 0.0248. The number of likely N-dealkylation sites (N-methyl/N-ethyl adjacent to an activating group) is 1. The van der Waals surface area contributed by atoms with Gasteiger partial charge in [0.25, 0.3) is 0 Å². The van der Waals surface area contributed by atoms with Gasteiger partial charge in [-0.1, -0.05) is 142 Å². The number of carbonyl (C=O) groups excluding carboxylic acids is 1. The van der Waals surface area contributed by atoms with Crippen LogP contribution in [0, 0.1) is 0 Å². The fraction of sp³-hybridized carbons (Fsp3) is 0.971. The van der Waals surface area contributed by atoms with Gasteiger partial charge >= 0.3 is 7.82 Å². The first kappa shape index (κ1) is 44.5. The van der Waals surface area contributed by atoms with E-state index in [0.717, 1.165) is 38.5 Å². The predicted molar refractivity (Wildman–Crippen MR) is 186 cm³/mol. The Morgan fingerprint density at radius 2 is 1.11 bits per heavy atom. The van der Waals surface area contributed by atoms with Crippen molar-refractivity contribution in [3.63, 3.8) is 0 Å². The molecule has 0 aliphatic carbocycles. The van der Waals surface area contributed by atoms with Gasteiger partial charge in [-0.05, 0) is 12.8 Å². The molecule has 0 bridgehead atoms. The second-order valence-corrected chi connectivity index (χ2v) is 15.6. The molecule has 0 fully saturated rings. The van der Waals surface area contributed by atoms with Crippen LogP contribution in [0.4, 0.5) is 0 Å². The Kier molecular flexibility index (Phi) is 28.1. The Balaban J connectivity index is 4.63. The zero-order valence-electron chi connectivity index (χ0n) is 30.0. The number of hydrogen-bond donors (Lipinski definition) is 4. The minimum atomic E-state index is -4.39. The van der Waals surface area contributed by atoms with Gasteiger partial charge in [0.2, 0.25) is 5.91 Å². The molecular weight excluding hydrogens is 591 g/mol. The van der Waals surface area contributed by atoms with E-state index in [0.29, 0.717) is 23.9 Å². The SMILES string of the molecule is CCCCCCCCCCCCCCC(O)C(O)C(COP(=O)(O)OCC[N+](C)(C)C)NC(=O)CCCCCCCCCCC. The average Bonchev–Trinajstić information content (AvgIpc) is 2.97. The second-order valence-electron chi connectivity index (χ2n) is 14.1. The van der Waals surface area contributed by atoms with Crippen molar-refractivity contribution >= 4 is 13.7 Å². The lowest BCUT2D eigenvalue weighted by atomic mass is 9.99. The molecule has 0 aromatic carbocycles. The van der Waals surface area contributed by atoms with Crippen LogP contribution in [0.5, 0.6) is 0 Å². The lowest BCUT2D eigenvalue weighted by molar-refractivity contribution is -0.870. The fourth-order valence-electron chi connectivity index (χ4n) is 5.38. The molecule has 0 aromatic rings. The molecule has 4 unspecified atom stereocenters. The quantitative estimate of drug-likeness (QED) is 0.0318. The summed E-state index contributed by atoms with van der Waals surface area (Å²) in [7, 11) is 1.44. The zero-order valence-corrected chi connectivity index (χ0v) is 30.9. The normalized spacial score (nSPS) is 15.5. The predicted octanol–water partition coefficient (Wildman–Crippen LogP) is 8.04. The molecule has 0 rings (SSSR count). The molecule has 10 heteroatoms. The molecule has 4 atom stereocenters. The summed E-state index contributed by atoms with van der Waals surface area (Å²) >= 11 is 0. The molecule has 0 aromatic heterocycles. The highest BCUT2D eigenvalue weighted by atomic mass is 31.2. The van der Waals surface area contributed by atoms with E-state index in [-0.39, 0.29) is 12.5 Å². The van der Waals surface area contributed by atoms with Gasteiger partial charge in [-0.25, -0.2) is 4.57 Å². The van der Waals surface area contributed by atoms with E-state index in [9.17, 15) is 24.5 Å². The third kappa shape index (κ3) is 29.3. The van der Waals surface area contributed by atoms with E-state index in [1.165, 1.54) is 96.3 Å². The summed E-state index contributed by atoms with van der Waals surface area (Å²) in [5.74, 6) is -0.262. The molecule has 0 aliphatic heterocycles. The highest BCUT2D eigenvalue weighted by Crippen LogP contribution is 2.43. The zero-order chi connectivity index (χ0) is 33.8. The molecule has 270 valence electrons. The highest BCUT2D eigenvalue weighted by Gasteiger charge is 2.31. The highest BCUT2D eigenvalue weighted by molar-refractivity contribution is 7.47. The first-order chi connectivity index (χ1) is 21.4. The van der Waals surface area contributed by atoms with Gasteiger partial charge in [-0.3, -0.25) is 13.8 Å². The van der Waals surface area contributed by atoms with Crippen molar-refractivity contribution in [2.45, 2.75) is 180 Å². The van der Waals surface area contributed by atoms with Gasteiger partial charge in [0, 0.05) is 6.42 Å². The van der Waals surface area contributed by atoms with Crippen molar-refractivity contribution in [1.82, 2.24) is 5.32 Å². The molecule has 45 heavy (non-hydrogen) atoms. The van der Waals surface area contributed by atoms with Crippen LogP contribution in [0.3, 0.4) is 0 Å². The van der Waals surface area contributed by atoms with Crippen molar-refractivity contribution in [2.75, 3.05) is 40.9 Å². The summed E-state index contributed by atoms with van der Waals surface area (Å²) in [5, 5.41) is 24.5. The van der Waals surface area contributed by atoms with Gasteiger partial charge in [0.05, 0.1) is 39.9 Å². The smallest absolute Gasteiger partial charge is 0.390 e. The van der Waals surface area contributed by atoms with Crippen LogP contribution in [-0.2, 0) is 18.4 Å². The number of aliphatic hydroxyl groups excluding tert-OH is 2. The van der Waals surface area contributed by atoms with E-state index < -0.39 is 32.7 Å². The lowest BCUT2D eigenvalue weighted by Crippen LogP contribution is -2.51. The Hall–Kier alpha value is -0.540. The van der Waals surface area contributed by atoms with Crippen LogP contribution in [-0.4, -0.2) is 84.6 Å². The van der Waals surface area contributed by atoms with Gasteiger partial charge in [0.15, 0.2) is 0 Å². The number of unbranched alkanes of at least 4 members (excludes halogenated alkanes) is 19. The molecule has 4 N–H and O–H groups in total. The maximum Gasteiger partial charge on any atom is 0.472 e. The molecule has 0 aliphatic rings. The maximum atomic E-state index is 12.7. The third-order valence-corrected chi connectivity index (χ3v) is 9.43. The molecule has 0 heterocycles. The standard InChI is InChI=1S/C35H73N2O7P/c1-6-8-10-12-14-16-17-18-20-21-23-25-27-33(38)35(40)32(31-44-45(41,42)43-30-29-37(3,4)5)36-34(39)28-26-24-22-19-15-13-11-9-7-2/h32-33,35,38,40H,6-31H2,1-5H3,(H-,36,39,41,42)/p+1. The number of hydrogen-bond acceptors (Lipinski definition) is 6. The largest absolute Gasteiger partial charge is 0.472 e. The van der Waals surface area contributed by atoms with Crippen LogP contribution in [0.25, 0.3) is 0 Å². The molecule has 1 amide bonds. The number of rotatable bonds is 33. The van der Waals surface area contributed by atoms with Crippen molar-refractivity contribution in [3.8, 4) is 0 Å². The summed E-state index contributed by atoms with van der Waals surface area (Å²) in [6.07, 6.45) is 23.0. The second kappa shape index (κ2) is 28.5. The summed E-state index contributed by atoms with van der Waals surface area (Å²) in [6.45, 7) is 4.55. The number of phosphoric ester groups is 1. The summed E-state index contributed by atoms with van der Waals surface area (Å²) < 4.78 is 23.3. The van der Waals surface area contributed by atoms with Crippen LogP contribution in [0.1, 0.15) is 162 Å². The first-order valence-corrected chi connectivity index (χ1v) is 20.0. The molecular formula is C35H74N2O7P+. The van der Waals surface area contributed by atoms with Crippen molar-refractivity contribution in [3.05, 3.63) is 0 Å². The molecule has 0 spiro atoms. The van der Waals surface area contributed by atoms with Crippen molar-refractivity contribution in [2.24, 2.45) is 0 Å². The van der Waals surface area contributed by atoms with E-state index in [2.05, 4.69) is 19.2 Å². The first-order valence-electron chi connectivity index (χ1n) is 18.5. The van der Waals surface area contributed by atoms with Gasteiger partial charge in [-0.2, -0.15) is 0 Å². The minimum Gasteiger partial charge on any atom is -0.390 e. The van der Waals surface area contributed by atoms with Crippen LogP contribution in [0.2, 0.25) is 0 Å². The maximum absolute atomic E-state index is 12.7. The number of nitrogens with zero attached hydrogens (tertiary/aromatic N) is 1. The molecule has 0 radical (unpaired) electrons. The number of aliphatic hydroxyl groups is 2. The third-order valence-electron chi connectivity index (χ3n) is 8.45. The number of amides is 1. The van der Waals surface area contributed by atoms with Gasteiger partial charge in [0.1, 0.15) is 19.3 Å². The Morgan fingerprint density at radius 1 is 0.689 bits per heavy atom. The van der Waals surface area contributed by atoms with E-state index in [4.69, 9.17) is 9.05 Å². The summed E-state index contributed by atoms with van der Waals surface area (Å²) in [6, 6.07) is -1.02. The van der Waals surface area contributed by atoms with Crippen LogP contribution < -0.4 is 5.32 Å². The fourth-order valence-corrected chi connectivity index (χ4v) is 6.11. The molecule has 0 saturated heterocycles. The number of phosphoric acid groups is 1. The van der Waals surface area contributed by atoms with Gasteiger partial charge in [-0.15, -0.1) is 0 Å². The van der Waals surface area contributed by atoms with Crippen LogP contribution >= 0.6 is 7.82 Å². The average molecular weight is 666 g/mol. The lowest BCUT2D eigenvalue weighted by Gasteiger charge is -2.28. The topological polar surface area (TPSA) is 125 Å². The van der Waals surface area contributed by atoms with E-state index in [1.54, 1.807) is 0 Å². The monoisotopic (exact) mass is 666 g/mol. The van der Waals surface area contributed by atoms with E-state index >= 15 is 0 Å². The van der Waals surface area contributed by atoms with Crippen molar-refractivity contribution < 1.29 is 38.0 Å². The van der Waals surface area contributed by atoms with E-state index in [1.807, 2.05) is 21.1 Å². The Morgan fingerprint density at radius 3 is 1.56 bits per heavy atom. The Labute approximate surface area is 277 Å². The molecule has 9 nitrogen and oxygen atoms in total. The summed E-state index contributed by atoms with van der Waals surface area (Å²) in [5.41, 5.74) is 0. The summed E-state index contributed by atoms with van der Waals surface area (Å²) in [4.78, 5) is 22.9. The Bertz CT molecular complexity index is 735. The van der Waals surface area contributed by atoms with Gasteiger partial charge < -0.3 is 24.9 Å². The number of quaternary nitrogens is 1. The molecule has 0 saturated carbocycles. The van der Waals surface area contributed by atoms with Crippen LogP contribution in [0.15, 0.2) is 0 Å². The van der Waals surface area contributed by atoms with Crippen molar-refractivity contribution in [1.29, 1.82) is 0 Å². The number of carbonyl (C=O) groups is 1. The number of nitrogens with one attached hydrogen (secondary N) is 1.